The van der Waals surface area contributed by atoms with Gasteiger partial charge in [-0.15, -0.1) is 0 Å². The first-order valence-electron chi connectivity index (χ1n) is 12.5. The van der Waals surface area contributed by atoms with E-state index >= 15 is 0 Å². The Balaban J connectivity index is 1.55. The Kier molecular flexibility index (Phi) is 6.50. The second-order valence-corrected chi connectivity index (χ2v) is 11.3. The van der Waals surface area contributed by atoms with E-state index in [-0.39, 0.29) is 29.3 Å². The summed E-state index contributed by atoms with van der Waals surface area (Å²) in [6, 6.07) is 0. The number of carbonyl (C=O) groups is 1. The Labute approximate surface area is 182 Å². The fraction of sp³-hybridized carbons (Fsp3) is 0.885. The highest BCUT2D eigenvalue weighted by Crippen LogP contribution is 2.67. The number of hydrogen-bond acceptors (Lipinski definition) is 4. The molecule has 0 spiro atoms. The van der Waals surface area contributed by atoms with Crippen molar-refractivity contribution in [3.05, 3.63) is 11.6 Å². The first kappa shape index (κ1) is 22.5. The van der Waals surface area contributed by atoms with Crippen molar-refractivity contribution in [3.63, 3.8) is 0 Å². The Bertz CT molecular complexity index is 675. The van der Waals surface area contributed by atoms with Gasteiger partial charge in [0.2, 0.25) is 0 Å². The molecular weight excluding hydrogens is 374 g/mol. The normalized spacial score (nSPS) is 47.1. The minimum atomic E-state index is -0.469. The van der Waals surface area contributed by atoms with E-state index in [1.807, 2.05) is 7.05 Å². The van der Waals surface area contributed by atoms with Crippen molar-refractivity contribution in [1.82, 2.24) is 5.32 Å². The zero-order valence-corrected chi connectivity index (χ0v) is 19.3. The largest absolute Gasteiger partial charge is 0.396 e. The second-order valence-electron chi connectivity index (χ2n) is 11.3. The van der Waals surface area contributed by atoms with Gasteiger partial charge in [-0.25, -0.2) is 0 Å². The van der Waals surface area contributed by atoms with Crippen molar-refractivity contribution in [2.24, 2.45) is 40.4 Å². The van der Waals surface area contributed by atoms with Crippen molar-refractivity contribution in [2.45, 2.75) is 84.2 Å². The van der Waals surface area contributed by atoms with Crippen LogP contribution in [0.4, 0.5) is 0 Å². The van der Waals surface area contributed by atoms with Gasteiger partial charge in [0, 0.05) is 24.4 Å². The third-order valence-electron chi connectivity index (χ3n) is 10.1. The molecule has 0 aromatic heterocycles. The predicted octanol–water partition coefficient (Wildman–Crippen LogP) is 4.10. The quantitative estimate of drug-likeness (QED) is 0.449. The third kappa shape index (κ3) is 3.51. The van der Waals surface area contributed by atoms with E-state index in [1.54, 1.807) is 5.57 Å². The van der Waals surface area contributed by atoms with Crippen LogP contribution in [-0.2, 0) is 4.79 Å². The summed E-state index contributed by atoms with van der Waals surface area (Å²) in [5.74, 6) is 1.69. The second kappa shape index (κ2) is 8.67. The maximum Gasteiger partial charge on any atom is 0.139 e. The van der Waals surface area contributed by atoms with E-state index in [1.165, 1.54) is 19.3 Å². The van der Waals surface area contributed by atoms with Crippen molar-refractivity contribution in [1.29, 1.82) is 0 Å². The molecule has 0 saturated heterocycles. The first-order valence-corrected chi connectivity index (χ1v) is 12.5. The molecule has 0 aromatic rings. The van der Waals surface area contributed by atoms with Crippen LogP contribution in [0.1, 0.15) is 78.1 Å². The van der Waals surface area contributed by atoms with Crippen LogP contribution in [0, 0.1) is 40.4 Å². The molecule has 170 valence electrons. The summed E-state index contributed by atoms with van der Waals surface area (Å²) in [5, 5.41) is 25.1. The average Bonchev–Trinajstić information content (AvgIpc) is 3.04. The van der Waals surface area contributed by atoms with E-state index in [2.05, 4.69) is 25.2 Å². The summed E-state index contributed by atoms with van der Waals surface area (Å²) in [5.41, 5.74) is 1.48. The van der Waals surface area contributed by atoms with Crippen LogP contribution < -0.4 is 5.32 Å². The number of aliphatic hydroxyl groups is 2. The summed E-state index contributed by atoms with van der Waals surface area (Å²) < 4.78 is 0. The fourth-order valence-electron chi connectivity index (χ4n) is 8.24. The summed E-state index contributed by atoms with van der Waals surface area (Å²) in [6.45, 7) is 5.76. The molecule has 0 radical (unpaired) electrons. The molecule has 4 fully saturated rings. The number of nitrogens with one attached hydrogen (secondary N) is 1. The molecule has 4 rings (SSSR count). The van der Waals surface area contributed by atoms with Crippen molar-refractivity contribution in [3.8, 4) is 0 Å². The van der Waals surface area contributed by atoms with Crippen molar-refractivity contribution >= 4 is 5.78 Å². The standard InChI is InChI=1S/C26H43NO3/c1-25-12-10-17(7-5-4-6-14-27-3)15-21(25)18(16-28)24(30)23-19-8-9-22(29)26(19,2)13-11-20(23)25/h7,18-21,23-24,27-28,30H,4-6,8-16H2,1-3H3/b17-7-/t18-,19+,20+,21?,23+,24-,25-,26+/m1/s1. The maximum atomic E-state index is 12.7. The van der Waals surface area contributed by atoms with Crippen LogP contribution in [-0.4, -0.2) is 42.3 Å². The lowest BCUT2D eigenvalue weighted by Crippen LogP contribution is -2.62. The zero-order valence-electron chi connectivity index (χ0n) is 19.3. The lowest BCUT2D eigenvalue weighted by molar-refractivity contribution is -0.191. The monoisotopic (exact) mass is 417 g/mol. The van der Waals surface area contributed by atoms with E-state index in [9.17, 15) is 15.0 Å². The SMILES string of the molecule is CNCCCC/C=C1/CC[C@@]2(C)C(C1)[C@@H](CO)[C@@H](O)[C@@H]1[C@@H]2CC[C@]2(C)C(=O)CC[C@@H]12. The van der Waals surface area contributed by atoms with Gasteiger partial charge < -0.3 is 15.5 Å². The molecule has 0 bridgehead atoms. The molecule has 4 aliphatic carbocycles. The van der Waals surface area contributed by atoms with Gasteiger partial charge in [-0.1, -0.05) is 25.5 Å². The molecule has 4 heteroatoms. The van der Waals surface area contributed by atoms with Gasteiger partial charge in [0.15, 0.2) is 0 Å². The number of hydrogen-bond donors (Lipinski definition) is 3. The third-order valence-corrected chi connectivity index (χ3v) is 10.1. The van der Waals surface area contributed by atoms with Crippen LogP contribution in [0.5, 0.6) is 0 Å². The highest BCUT2D eigenvalue weighted by molar-refractivity contribution is 5.87. The minimum Gasteiger partial charge on any atom is -0.396 e. The molecule has 0 heterocycles. The van der Waals surface area contributed by atoms with Crippen molar-refractivity contribution in [2.75, 3.05) is 20.2 Å². The van der Waals surface area contributed by atoms with Gasteiger partial charge in [0.05, 0.1) is 6.10 Å². The molecule has 4 nitrogen and oxygen atoms in total. The molecule has 0 amide bonds. The van der Waals surface area contributed by atoms with Crippen molar-refractivity contribution < 1.29 is 15.0 Å². The van der Waals surface area contributed by atoms with E-state index < -0.39 is 6.10 Å². The first-order chi connectivity index (χ1) is 14.4. The number of aliphatic hydroxyl groups excluding tert-OH is 2. The number of ketones is 1. The summed E-state index contributed by atoms with van der Waals surface area (Å²) in [7, 11) is 2.01. The summed E-state index contributed by atoms with van der Waals surface area (Å²) in [4.78, 5) is 12.7. The molecule has 0 aliphatic heterocycles. The molecule has 4 saturated carbocycles. The molecule has 8 atom stereocenters. The Morgan fingerprint density at radius 1 is 1.10 bits per heavy atom. The topological polar surface area (TPSA) is 69.6 Å². The molecule has 4 aliphatic rings. The number of fused-ring (bicyclic) bond motifs is 5. The summed E-state index contributed by atoms with van der Waals surface area (Å²) >= 11 is 0. The maximum absolute atomic E-state index is 12.7. The van der Waals surface area contributed by atoms with Crippen LogP contribution in [0.15, 0.2) is 11.6 Å². The smallest absolute Gasteiger partial charge is 0.139 e. The van der Waals surface area contributed by atoms with E-state index in [0.29, 0.717) is 30.0 Å². The van der Waals surface area contributed by atoms with Crippen LogP contribution in [0.25, 0.3) is 0 Å². The number of allylic oxidation sites excluding steroid dienone is 2. The molecule has 30 heavy (non-hydrogen) atoms. The average molecular weight is 418 g/mol. The Morgan fingerprint density at radius 2 is 1.90 bits per heavy atom. The lowest BCUT2D eigenvalue weighted by Gasteiger charge is -2.63. The number of Topliss-reactive ketones (excluding diaryl/α,β-unsaturated/α-hetero) is 1. The van der Waals surface area contributed by atoms with Gasteiger partial charge >= 0.3 is 0 Å². The van der Waals surface area contributed by atoms with E-state index in [4.69, 9.17) is 0 Å². The van der Waals surface area contributed by atoms with Gasteiger partial charge in [0.25, 0.3) is 0 Å². The Morgan fingerprint density at radius 3 is 2.63 bits per heavy atom. The molecule has 1 unspecified atom stereocenters. The number of unbranched alkanes of at least 4 members (excludes halogenated alkanes) is 2. The highest BCUT2D eigenvalue weighted by Gasteiger charge is 2.64. The molecular formula is C26H43NO3. The minimum absolute atomic E-state index is 0.0534. The van der Waals surface area contributed by atoms with Crippen LogP contribution >= 0.6 is 0 Å². The zero-order chi connectivity index (χ0) is 21.5. The number of carbonyl (C=O) groups excluding carboxylic acids is 1. The van der Waals surface area contributed by atoms with E-state index in [0.717, 1.165) is 45.1 Å². The highest BCUT2D eigenvalue weighted by atomic mass is 16.3. The van der Waals surface area contributed by atoms with Gasteiger partial charge in [0.1, 0.15) is 5.78 Å². The molecule has 0 aromatic carbocycles. The number of rotatable bonds is 6. The van der Waals surface area contributed by atoms with Crippen LogP contribution in [0.2, 0.25) is 0 Å². The Hall–Kier alpha value is -0.710. The predicted molar refractivity (Wildman–Crippen MR) is 120 cm³/mol. The molecule has 3 N–H and O–H groups in total. The van der Waals surface area contributed by atoms with Gasteiger partial charge in [-0.05, 0) is 100 Å². The fourth-order valence-corrected chi connectivity index (χ4v) is 8.24. The van der Waals surface area contributed by atoms with Gasteiger partial charge in [-0.3, -0.25) is 4.79 Å². The summed E-state index contributed by atoms with van der Waals surface area (Å²) in [6.07, 6.45) is 12.6. The van der Waals surface area contributed by atoms with Gasteiger partial charge in [-0.2, -0.15) is 0 Å². The van der Waals surface area contributed by atoms with Crippen LogP contribution in [0.3, 0.4) is 0 Å². The lowest BCUT2D eigenvalue weighted by atomic mass is 9.42.